The highest BCUT2D eigenvalue weighted by molar-refractivity contribution is 7.89. The fourth-order valence-corrected chi connectivity index (χ4v) is 4.88. The van der Waals surface area contributed by atoms with Crippen LogP contribution in [0.15, 0.2) is 78.0 Å². The molecule has 3 aromatic rings. The quantitative estimate of drug-likeness (QED) is 0.329. The molecule has 0 aliphatic heterocycles. The van der Waals surface area contributed by atoms with Crippen LogP contribution in [0.25, 0.3) is 11.1 Å². The first-order valence-electron chi connectivity index (χ1n) is 10.8. The Morgan fingerprint density at radius 1 is 0.970 bits per heavy atom. The minimum absolute atomic E-state index is 0.0944. The van der Waals surface area contributed by atoms with Crippen LogP contribution in [0, 0.1) is 0 Å². The van der Waals surface area contributed by atoms with Crippen molar-refractivity contribution in [2.75, 3.05) is 6.54 Å². The van der Waals surface area contributed by atoms with Gasteiger partial charge in [-0.1, -0.05) is 48.4 Å². The van der Waals surface area contributed by atoms with Gasteiger partial charge in [-0.3, -0.25) is 9.78 Å². The first-order chi connectivity index (χ1) is 15.8. The summed E-state index contributed by atoms with van der Waals surface area (Å²) in [6, 6.07) is 18.1. The smallest absolute Gasteiger partial charge is 0.303 e. The third kappa shape index (κ3) is 7.67. The van der Waals surface area contributed by atoms with Gasteiger partial charge in [0.2, 0.25) is 10.0 Å². The Morgan fingerprint density at radius 3 is 2.33 bits per heavy atom. The van der Waals surface area contributed by atoms with E-state index in [0.29, 0.717) is 24.4 Å². The van der Waals surface area contributed by atoms with E-state index >= 15 is 0 Å². The van der Waals surface area contributed by atoms with Crippen LogP contribution in [0.4, 0.5) is 0 Å². The number of hydrogen-bond acceptors (Lipinski definition) is 4. The number of aliphatic carboxylic acids is 1. The molecule has 0 spiro atoms. The van der Waals surface area contributed by atoms with E-state index in [1.54, 1.807) is 18.3 Å². The maximum Gasteiger partial charge on any atom is 0.303 e. The molecule has 1 atom stereocenters. The van der Waals surface area contributed by atoms with E-state index in [9.17, 15) is 13.2 Å². The standard InChI is InChI=1S/C25H27ClN2O4S/c26-23-11-13-24(14-12-23)33(31,32)28-17-2-1-4-19(10-15-25(29)30)20-6-8-21(9-7-20)22-5-3-16-27-18-22/h3,5-9,11-14,16,18-19,28H,1-2,4,10,15,17H2,(H,29,30). The summed E-state index contributed by atoms with van der Waals surface area (Å²) in [4.78, 5) is 15.5. The molecule has 0 aliphatic carbocycles. The summed E-state index contributed by atoms with van der Waals surface area (Å²) in [5.41, 5.74) is 3.17. The Labute approximate surface area is 199 Å². The number of nitrogens with zero attached hydrogens (tertiary/aromatic N) is 1. The first-order valence-corrected chi connectivity index (χ1v) is 12.7. The van der Waals surface area contributed by atoms with E-state index < -0.39 is 16.0 Å². The third-order valence-corrected chi connectivity index (χ3v) is 7.21. The molecule has 1 heterocycles. The van der Waals surface area contributed by atoms with Crippen LogP contribution in [0.3, 0.4) is 0 Å². The summed E-state index contributed by atoms with van der Waals surface area (Å²) in [5.74, 6) is -0.723. The van der Waals surface area contributed by atoms with Crippen LogP contribution >= 0.6 is 11.6 Å². The highest BCUT2D eigenvalue weighted by Crippen LogP contribution is 2.29. The Morgan fingerprint density at radius 2 is 1.70 bits per heavy atom. The predicted molar refractivity (Wildman–Crippen MR) is 130 cm³/mol. The molecule has 2 aromatic carbocycles. The molecule has 0 saturated heterocycles. The van der Waals surface area contributed by atoms with Gasteiger partial charge in [0, 0.05) is 30.4 Å². The Bertz CT molecular complexity index is 1140. The number of nitrogens with one attached hydrogen (secondary N) is 1. The summed E-state index contributed by atoms with van der Waals surface area (Å²) in [7, 11) is -3.57. The maximum atomic E-state index is 12.4. The topological polar surface area (TPSA) is 96.4 Å². The van der Waals surface area contributed by atoms with Crippen molar-refractivity contribution in [1.82, 2.24) is 9.71 Å². The number of hydrogen-bond donors (Lipinski definition) is 2. The zero-order valence-corrected chi connectivity index (χ0v) is 19.7. The SMILES string of the molecule is O=C(O)CCC(CCCCNS(=O)(=O)c1ccc(Cl)cc1)c1ccc(-c2cccnc2)cc1. The number of carbonyl (C=O) groups is 1. The lowest BCUT2D eigenvalue weighted by Gasteiger charge is -2.17. The highest BCUT2D eigenvalue weighted by Gasteiger charge is 2.15. The molecule has 0 amide bonds. The van der Waals surface area contributed by atoms with Gasteiger partial charge in [-0.05, 0) is 72.2 Å². The number of carboxylic acid groups (broad SMARTS) is 1. The van der Waals surface area contributed by atoms with Gasteiger partial charge in [-0.15, -0.1) is 0 Å². The number of unbranched alkanes of at least 4 members (excludes halogenated alkanes) is 1. The average Bonchev–Trinajstić information content (AvgIpc) is 2.81. The molecule has 174 valence electrons. The first kappa shape index (κ1) is 24.9. The van der Waals surface area contributed by atoms with Gasteiger partial charge in [-0.25, -0.2) is 13.1 Å². The van der Waals surface area contributed by atoms with Crippen LogP contribution < -0.4 is 4.72 Å². The van der Waals surface area contributed by atoms with Gasteiger partial charge in [0.1, 0.15) is 0 Å². The summed E-state index contributed by atoms with van der Waals surface area (Å²) in [6.07, 6.45) is 6.39. The lowest BCUT2D eigenvalue weighted by molar-refractivity contribution is -0.137. The normalized spacial score (nSPS) is 12.4. The third-order valence-electron chi connectivity index (χ3n) is 5.48. The molecule has 0 fully saturated rings. The second kappa shape index (κ2) is 11.9. The van der Waals surface area contributed by atoms with E-state index in [-0.39, 0.29) is 17.2 Å². The molecule has 0 aliphatic rings. The molecule has 0 bridgehead atoms. The number of aromatic nitrogens is 1. The number of sulfonamides is 1. The molecule has 3 rings (SSSR count). The van der Waals surface area contributed by atoms with Crippen molar-refractivity contribution in [3.05, 3.63) is 83.6 Å². The molecule has 2 N–H and O–H groups in total. The van der Waals surface area contributed by atoms with Crippen LogP contribution in [0.1, 0.15) is 43.6 Å². The molecule has 1 unspecified atom stereocenters. The van der Waals surface area contributed by atoms with Gasteiger partial charge in [0.15, 0.2) is 0 Å². The summed E-state index contributed by atoms with van der Waals surface area (Å²) in [6.45, 7) is 0.316. The van der Waals surface area contributed by atoms with Crippen molar-refractivity contribution in [2.45, 2.75) is 42.9 Å². The number of benzene rings is 2. The van der Waals surface area contributed by atoms with Gasteiger partial charge >= 0.3 is 5.97 Å². The van der Waals surface area contributed by atoms with Crippen molar-refractivity contribution in [3.8, 4) is 11.1 Å². The van der Waals surface area contributed by atoms with Gasteiger partial charge in [0.25, 0.3) is 0 Å². The molecule has 0 radical (unpaired) electrons. The number of pyridine rings is 1. The van der Waals surface area contributed by atoms with E-state index in [1.165, 1.54) is 12.1 Å². The lowest BCUT2D eigenvalue weighted by atomic mass is 9.88. The van der Waals surface area contributed by atoms with Crippen molar-refractivity contribution >= 4 is 27.6 Å². The Hall–Kier alpha value is -2.74. The predicted octanol–water partition coefficient (Wildman–Crippen LogP) is 5.50. The zero-order chi connectivity index (χ0) is 23.7. The maximum absolute atomic E-state index is 12.4. The van der Waals surface area contributed by atoms with Crippen molar-refractivity contribution in [3.63, 3.8) is 0 Å². The molecule has 1 aromatic heterocycles. The van der Waals surface area contributed by atoms with Gasteiger partial charge in [0.05, 0.1) is 4.90 Å². The van der Waals surface area contributed by atoms with E-state index in [2.05, 4.69) is 9.71 Å². The van der Waals surface area contributed by atoms with Gasteiger partial charge in [-0.2, -0.15) is 0 Å². The second-order valence-electron chi connectivity index (χ2n) is 7.84. The fourth-order valence-electron chi connectivity index (χ4n) is 3.68. The number of halogens is 1. The van der Waals surface area contributed by atoms with E-state index in [0.717, 1.165) is 29.5 Å². The van der Waals surface area contributed by atoms with Crippen LogP contribution in [0.2, 0.25) is 5.02 Å². The fraction of sp³-hybridized carbons (Fsp3) is 0.280. The number of carboxylic acids is 1. The summed E-state index contributed by atoms with van der Waals surface area (Å²) in [5, 5.41) is 9.62. The number of rotatable bonds is 12. The van der Waals surface area contributed by atoms with E-state index in [1.807, 2.05) is 42.6 Å². The summed E-state index contributed by atoms with van der Waals surface area (Å²) < 4.78 is 27.3. The molecule has 33 heavy (non-hydrogen) atoms. The van der Waals surface area contributed by atoms with Crippen LogP contribution in [0.5, 0.6) is 0 Å². The molecule has 6 nitrogen and oxygen atoms in total. The van der Waals surface area contributed by atoms with Crippen molar-refractivity contribution in [2.24, 2.45) is 0 Å². The Balaban J connectivity index is 1.55. The average molecular weight is 487 g/mol. The monoisotopic (exact) mass is 486 g/mol. The lowest BCUT2D eigenvalue weighted by Crippen LogP contribution is -2.24. The minimum atomic E-state index is -3.57. The van der Waals surface area contributed by atoms with Crippen molar-refractivity contribution in [1.29, 1.82) is 0 Å². The molecular formula is C25H27ClN2O4S. The largest absolute Gasteiger partial charge is 0.481 e. The van der Waals surface area contributed by atoms with Crippen molar-refractivity contribution < 1.29 is 18.3 Å². The summed E-state index contributed by atoms with van der Waals surface area (Å²) >= 11 is 5.82. The van der Waals surface area contributed by atoms with Crippen LogP contribution in [-0.2, 0) is 14.8 Å². The second-order valence-corrected chi connectivity index (χ2v) is 10.0. The van der Waals surface area contributed by atoms with Gasteiger partial charge < -0.3 is 5.11 Å². The highest BCUT2D eigenvalue weighted by atomic mass is 35.5. The molecule has 8 heteroatoms. The molecule has 0 saturated carbocycles. The minimum Gasteiger partial charge on any atom is -0.481 e. The zero-order valence-electron chi connectivity index (χ0n) is 18.2. The van der Waals surface area contributed by atoms with E-state index in [4.69, 9.17) is 16.7 Å². The molecular weight excluding hydrogens is 460 g/mol. The Kier molecular flexibility index (Phi) is 9.00. The van der Waals surface area contributed by atoms with Crippen LogP contribution in [-0.4, -0.2) is 31.0 Å².